The first-order chi connectivity index (χ1) is 22.7. The zero-order chi connectivity index (χ0) is 43.3. The first-order valence-corrected chi connectivity index (χ1v) is 23.3. The van der Waals surface area contributed by atoms with Crippen LogP contribution in [-0.2, 0) is 80.3 Å². The fourth-order valence-electron chi connectivity index (χ4n) is 1.92. The van der Waals surface area contributed by atoms with Crippen LogP contribution in [0.3, 0.4) is 0 Å². The molecule has 0 aromatic rings. The van der Waals surface area contributed by atoms with Gasteiger partial charge in [0.05, 0.1) is 0 Å². The van der Waals surface area contributed by atoms with E-state index in [1.54, 1.807) is 0 Å². The largest absolute Gasteiger partial charge is 1.00 e. The maximum absolute atomic E-state index is 13.7. The van der Waals surface area contributed by atoms with Crippen molar-refractivity contribution in [3.63, 3.8) is 0 Å². The van der Waals surface area contributed by atoms with Crippen molar-refractivity contribution in [2.75, 3.05) is 56.4 Å². The predicted octanol–water partition coefficient (Wildman–Crippen LogP) is -1.48. The first kappa shape index (κ1) is 56.3. The molecule has 0 aromatic carbocycles. The average molecular weight is 1010 g/mol. The summed E-state index contributed by atoms with van der Waals surface area (Å²) in [5.74, 6) is 0. The summed E-state index contributed by atoms with van der Waals surface area (Å²) in [4.78, 5) is 0. The minimum atomic E-state index is -7.35. The molecule has 0 saturated carbocycles. The van der Waals surface area contributed by atoms with Crippen molar-refractivity contribution < 1.29 is 146 Å². The van der Waals surface area contributed by atoms with Gasteiger partial charge in [-0.15, -0.1) is 11.7 Å². The molecule has 0 amide bonds. The summed E-state index contributed by atoms with van der Waals surface area (Å²) < 4.78 is 300. The van der Waals surface area contributed by atoms with Gasteiger partial charge in [0.1, 0.15) is 20.0 Å². The standard InChI is InChI=1S/C12H25F12N11O10S8.K/c1-32(2)50(25-46(36,37)9(13,14)15,30-52(44,34(5)6)27-48(40,41)11(19,20)21)29-51(33(3)4,26-47(38,39)10(16,17)18)31-53(45,35(7)8)28-49(42,43)12(22,23)24;/h1-8H3,(H,25,26,27,28,29,30,31,44,45);/q;+1. The number of alkyl halides is 12. The Hall–Kier alpha value is 0.196. The van der Waals surface area contributed by atoms with Crippen LogP contribution >= 0.6 is 0 Å². The summed E-state index contributed by atoms with van der Waals surface area (Å²) in [5, 5.41) is 0. The molecule has 0 rings (SSSR count). The Balaban J connectivity index is 0. The van der Waals surface area contributed by atoms with Crippen LogP contribution in [0.4, 0.5) is 52.7 Å². The smallest absolute Gasteiger partial charge is 0.226 e. The maximum atomic E-state index is 13.7. The second-order valence-electron chi connectivity index (χ2n) is 9.44. The van der Waals surface area contributed by atoms with E-state index >= 15 is 0 Å². The second kappa shape index (κ2) is 17.4. The Morgan fingerprint density at radius 2 is 0.537 bits per heavy atom. The van der Waals surface area contributed by atoms with Gasteiger partial charge >= 0.3 is 114 Å². The van der Waals surface area contributed by atoms with Crippen LogP contribution in [-0.4, -0.2) is 138 Å². The molecule has 21 nitrogen and oxygen atoms in total. The maximum Gasteiger partial charge on any atom is 1.00 e. The SMILES string of the molecule is CN(C)S(=O)(=NS(=O)(=O)C(F)(F)F)N=S(=NS(=O)(=O)C(F)(F)F)(NS(=NS(=O)(=O)C(F)(F)F)(=NS(=O)(=NS(=O)(=O)C(F)(F)F)N(C)C)N(C)C)N(C)C.[K+]. The third-order valence-electron chi connectivity index (χ3n) is 4.56. The van der Waals surface area contributed by atoms with Gasteiger partial charge in [-0.1, -0.05) is 15.1 Å². The predicted molar refractivity (Wildman–Crippen MR) is 163 cm³/mol. The molecule has 4 unspecified atom stereocenters. The summed E-state index contributed by atoms with van der Waals surface area (Å²) in [5.41, 5.74) is -26.4. The Morgan fingerprint density at radius 1 is 0.352 bits per heavy atom. The van der Waals surface area contributed by atoms with Gasteiger partial charge in [0.15, 0.2) is 0 Å². The van der Waals surface area contributed by atoms with Crippen molar-refractivity contribution >= 4 is 80.3 Å². The molecular formula is C12H25F12KN11O10S8+. The van der Waals surface area contributed by atoms with Crippen molar-refractivity contribution in [1.29, 1.82) is 0 Å². The van der Waals surface area contributed by atoms with Gasteiger partial charge in [-0.3, -0.25) is 0 Å². The van der Waals surface area contributed by atoms with E-state index in [0.717, 1.165) is 4.13 Å². The molecule has 4 atom stereocenters. The summed E-state index contributed by atoms with van der Waals surface area (Å²) >= 11 is 0. The van der Waals surface area contributed by atoms with Crippen LogP contribution in [0.15, 0.2) is 22.6 Å². The van der Waals surface area contributed by atoms with E-state index in [9.17, 15) is 94.8 Å². The molecule has 0 aliphatic carbocycles. The minimum absolute atomic E-state index is 0. The van der Waals surface area contributed by atoms with Crippen LogP contribution in [0.5, 0.6) is 0 Å². The van der Waals surface area contributed by atoms with Crippen LogP contribution in [0, 0.1) is 0 Å². The molecule has 42 heteroatoms. The Morgan fingerprint density at radius 3 is 0.685 bits per heavy atom. The molecule has 0 aliphatic heterocycles. The molecule has 54 heavy (non-hydrogen) atoms. The minimum Gasteiger partial charge on any atom is -0.226 e. The molecule has 0 aliphatic rings. The fourth-order valence-corrected chi connectivity index (χ4v) is 19.3. The first-order valence-electron chi connectivity index (χ1n) is 11.7. The van der Waals surface area contributed by atoms with Crippen LogP contribution < -0.4 is 55.5 Å². The van der Waals surface area contributed by atoms with Gasteiger partial charge in [0, 0.05) is 56.4 Å². The zero-order valence-electron chi connectivity index (χ0n) is 27.9. The van der Waals surface area contributed by atoms with Crippen molar-refractivity contribution in [3.8, 4) is 0 Å². The molecule has 0 fully saturated rings. The topological polar surface area (TPSA) is 270 Å². The van der Waals surface area contributed by atoms with E-state index in [4.69, 9.17) is 0 Å². The van der Waals surface area contributed by atoms with Gasteiger partial charge < -0.3 is 0 Å². The summed E-state index contributed by atoms with van der Waals surface area (Å²) in [6, 6.07) is 0. The third-order valence-corrected chi connectivity index (χ3v) is 22.2. The zero-order valence-corrected chi connectivity index (χ0v) is 37.5. The monoisotopic (exact) mass is 1010 g/mol. The number of hydrogen-bond donors (Lipinski definition) is 1. The molecule has 0 saturated heterocycles. The van der Waals surface area contributed by atoms with Gasteiger partial charge in [-0.05, 0) is 0 Å². The van der Waals surface area contributed by atoms with Gasteiger partial charge in [0.2, 0.25) is 20.2 Å². The van der Waals surface area contributed by atoms with E-state index in [-0.39, 0.29) is 96.8 Å². The molecular weight excluding hydrogens is 982 g/mol. The number of rotatable bonds is 12. The molecule has 0 aromatic heterocycles. The summed E-state index contributed by atoms with van der Waals surface area (Å²) in [7, 11) is -50.9. The Bertz CT molecular complexity index is 2240. The van der Waals surface area contributed by atoms with E-state index in [0.29, 0.717) is 28.2 Å². The molecule has 320 valence electrons. The number of nitrogens with one attached hydrogen (secondary N) is 1. The average Bonchev–Trinajstić information content (AvgIpc) is 2.84. The third kappa shape index (κ3) is 13.1. The van der Waals surface area contributed by atoms with Gasteiger partial charge in [0.25, 0.3) is 0 Å². The van der Waals surface area contributed by atoms with Crippen molar-refractivity contribution in [2.45, 2.75) is 22.0 Å². The second-order valence-corrected chi connectivity index (χ2v) is 26.2. The number of nitrogens with zero attached hydrogens (tertiary/aromatic N) is 10. The molecule has 0 spiro atoms. The van der Waals surface area contributed by atoms with Crippen LogP contribution in [0.25, 0.3) is 0 Å². The van der Waals surface area contributed by atoms with Crippen molar-refractivity contribution in [2.24, 2.45) is 22.6 Å². The fraction of sp³-hybridized carbons (Fsp3) is 1.00. The van der Waals surface area contributed by atoms with Gasteiger partial charge in [-0.25, -0.2) is 25.6 Å². The molecule has 0 bridgehead atoms. The number of hydrogen-bond acceptors (Lipinski definition) is 10. The van der Waals surface area contributed by atoms with Crippen molar-refractivity contribution in [1.82, 2.24) is 21.3 Å². The molecule has 0 heterocycles. The Kier molecular flexibility index (Phi) is 18.2. The van der Waals surface area contributed by atoms with Gasteiger partial charge in [-0.2, -0.15) is 86.4 Å². The molecule has 0 radical (unpaired) electrons. The van der Waals surface area contributed by atoms with E-state index in [2.05, 4.69) is 15.1 Å². The normalized spacial score (nSPS) is 18.8. The molecule has 1 N–H and O–H groups in total. The van der Waals surface area contributed by atoms with E-state index in [1.807, 2.05) is 7.54 Å². The van der Waals surface area contributed by atoms with Crippen LogP contribution in [0.1, 0.15) is 0 Å². The van der Waals surface area contributed by atoms with Crippen LogP contribution in [0.2, 0.25) is 0 Å². The number of sulfonamides is 4. The number of halogens is 12. The van der Waals surface area contributed by atoms with Crippen molar-refractivity contribution in [3.05, 3.63) is 0 Å². The summed E-state index contributed by atoms with van der Waals surface area (Å²) in [6.07, 6.45) is 0. The van der Waals surface area contributed by atoms with E-state index in [1.165, 1.54) is 0 Å². The quantitative estimate of drug-likeness (QED) is 0.173. The Labute approximate surface area is 345 Å². The van der Waals surface area contributed by atoms with E-state index < -0.39 is 102 Å². The summed E-state index contributed by atoms with van der Waals surface area (Å²) in [6.45, 7) is 0.